The minimum atomic E-state index is -0.309. The Labute approximate surface area is 136 Å². The summed E-state index contributed by atoms with van der Waals surface area (Å²) in [6, 6.07) is 4.67. The fourth-order valence-electron chi connectivity index (χ4n) is 2.52. The lowest BCUT2D eigenvalue weighted by molar-refractivity contribution is 0.0652. The van der Waals surface area contributed by atoms with Gasteiger partial charge in [0, 0.05) is 18.7 Å². The van der Waals surface area contributed by atoms with E-state index in [2.05, 4.69) is 5.32 Å². The van der Waals surface area contributed by atoms with Gasteiger partial charge in [-0.3, -0.25) is 19.3 Å². The Morgan fingerprint density at radius 3 is 2.57 bits per heavy atom. The molecule has 0 aliphatic carbocycles. The number of amides is 3. The van der Waals surface area contributed by atoms with Crippen LogP contribution in [0.15, 0.2) is 18.2 Å². The molecule has 1 heterocycles. The van der Waals surface area contributed by atoms with Crippen LogP contribution in [0.4, 0.5) is 0 Å². The number of rotatable bonds is 8. The van der Waals surface area contributed by atoms with Crippen LogP contribution in [0.1, 0.15) is 63.7 Å². The number of fused-ring (bicyclic) bond motifs is 1. The molecule has 124 valence electrons. The smallest absolute Gasteiger partial charge is 0.261 e. The van der Waals surface area contributed by atoms with Crippen LogP contribution in [-0.2, 0) is 0 Å². The molecule has 6 nitrogen and oxygen atoms in total. The molecule has 3 N–H and O–H groups in total. The SMILES string of the molecule is CCCCN1C(=O)c2ccc(C(=O)NCCCCN)cc2C1=O. The quantitative estimate of drug-likeness (QED) is 0.562. The maximum Gasteiger partial charge on any atom is 0.261 e. The lowest BCUT2D eigenvalue weighted by Crippen LogP contribution is -2.30. The molecule has 0 spiro atoms. The summed E-state index contributed by atoms with van der Waals surface area (Å²) in [6.45, 7) is 3.57. The normalized spacial score (nSPS) is 13.4. The van der Waals surface area contributed by atoms with Gasteiger partial charge in [-0.2, -0.15) is 0 Å². The molecule has 0 radical (unpaired) electrons. The van der Waals surface area contributed by atoms with Crippen LogP contribution < -0.4 is 11.1 Å². The molecule has 1 aliphatic rings. The summed E-state index contributed by atoms with van der Waals surface area (Å²) in [7, 11) is 0. The van der Waals surface area contributed by atoms with E-state index in [1.165, 1.54) is 11.0 Å². The molecular weight excluding hydrogens is 294 g/mol. The second kappa shape index (κ2) is 7.87. The number of nitrogens with two attached hydrogens (primary N) is 1. The van der Waals surface area contributed by atoms with Crippen LogP contribution in [0.3, 0.4) is 0 Å². The lowest BCUT2D eigenvalue weighted by Gasteiger charge is -2.12. The molecule has 1 aliphatic heterocycles. The van der Waals surface area contributed by atoms with Crippen LogP contribution in [0, 0.1) is 0 Å². The van der Waals surface area contributed by atoms with Crippen molar-refractivity contribution in [1.29, 1.82) is 0 Å². The number of unbranched alkanes of at least 4 members (excludes halogenated alkanes) is 2. The van der Waals surface area contributed by atoms with Crippen molar-refractivity contribution in [2.24, 2.45) is 5.73 Å². The molecule has 0 bridgehead atoms. The summed E-state index contributed by atoms with van der Waals surface area (Å²) < 4.78 is 0. The molecule has 0 aromatic heterocycles. The lowest BCUT2D eigenvalue weighted by atomic mass is 10.1. The molecule has 23 heavy (non-hydrogen) atoms. The van der Waals surface area contributed by atoms with Crippen LogP contribution in [-0.4, -0.2) is 42.3 Å². The Kier molecular flexibility index (Phi) is 5.87. The van der Waals surface area contributed by atoms with Crippen molar-refractivity contribution >= 4 is 17.7 Å². The molecule has 0 fully saturated rings. The molecule has 0 saturated carbocycles. The summed E-state index contributed by atoms with van der Waals surface area (Å²) in [5, 5.41) is 2.79. The number of carbonyl (C=O) groups excluding carboxylic acids is 3. The number of imide groups is 1. The Bertz CT molecular complexity index is 613. The summed E-state index contributed by atoms with van der Waals surface area (Å²) in [5.74, 6) is -0.818. The van der Waals surface area contributed by atoms with Crippen molar-refractivity contribution < 1.29 is 14.4 Å². The van der Waals surface area contributed by atoms with E-state index in [1.54, 1.807) is 12.1 Å². The molecule has 1 aromatic rings. The first kappa shape index (κ1) is 17.1. The second-order valence-electron chi connectivity index (χ2n) is 5.63. The van der Waals surface area contributed by atoms with Crippen molar-refractivity contribution in [2.75, 3.05) is 19.6 Å². The van der Waals surface area contributed by atoms with Crippen molar-refractivity contribution in [3.63, 3.8) is 0 Å². The third kappa shape index (κ3) is 3.76. The third-order valence-corrected chi connectivity index (χ3v) is 3.88. The Hall–Kier alpha value is -2.21. The van der Waals surface area contributed by atoms with Gasteiger partial charge in [0.05, 0.1) is 11.1 Å². The van der Waals surface area contributed by atoms with Gasteiger partial charge in [-0.25, -0.2) is 0 Å². The van der Waals surface area contributed by atoms with E-state index in [0.717, 1.165) is 25.7 Å². The topological polar surface area (TPSA) is 92.5 Å². The highest BCUT2D eigenvalue weighted by Gasteiger charge is 2.35. The Morgan fingerprint density at radius 1 is 1.13 bits per heavy atom. The Morgan fingerprint density at radius 2 is 1.87 bits per heavy atom. The number of carbonyl (C=O) groups is 3. The highest BCUT2D eigenvalue weighted by Crippen LogP contribution is 2.24. The molecule has 3 amide bonds. The van der Waals surface area contributed by atoms with Crippen LogP contribution >= 0.6 is 0 Å². The van der Waals surface area contributed by atoms with Gasteiger partial charge in [0.25, 0.3) is 17.7 Å². The number of hydrogen-bond donors (Lipinski definition) is 2. The predicted octanol–water partition coefficient (Wildman–Crippen LogP) is 1.55. The molecule has 0 saturated heterocycles. The first-order valence-corrected chi connectivity index (χ1v) is 8.08. The van der Waals surface area contributed by atoms with E-state index < -0.39 is 0 Å². The van der Waals surface area contributed by atoms with E-state index in [0.29, 0.717) is 36.3 Å². The zero-order valence-electron chi connectivity index (χ0n) is 13.4. The van der Waals surface area contributed by atoms with Gasteiger partial charge in [0.15, 0.2) is 0 Å². The minimum absolute atomic E-state index is 0.239. The standard InChI is InChI=1S/C17H23N3O3/c1-2-3-10-20-16(22)13-7-6-12(11-14(13)17(20)23)15(21)19-9-5-4-8-18/h6-7,11H,2-5,8-10,18H2,1H3,(H,19,21). The Balaban J connectivity index is 2.09. The largest absolute Gasteiger partial charge is 0.352 e. The fourth-order valence-corrected chi connectivity index (χ4v) is 2.52. The van der Waals surface area contributed by atoms with Crippen LogP contribution in [0.2, 0.25) is 0 Å². The second-order valence-corrected chi connectivity index (χ2v) is 5.63. The number of hydrogen-bond acceptors (Lipinski definition) is 4. The molecule has 1 aromatic carbocycles. The van der Waals surface area contributed by atoms with Gasteiger partial charge in [-0.05, 0) is 44.0 Å². The fraction of sp³-hybridized carbons (Fsp3) is 0.471. The van der Waals surface area contributed by atoms with Crippen LogP contribution in [0.5, 0.6) is 0 Å². The average Bonchev–Trinajstić information content (AvgIpc) is 2.80. The highest BCUT2D eigenvalue weighted by molar-refractivity contribution is 6.22. The number of nitrogens with one attached hydrogen (secondary N) is 1. The van der Waals surface area contributed by atoms with Crippen molar-refractivity contribution in [3.05, 3.63) is 34.9 Å². The molecular formula is C17H23N3O3. The summed E-state index contributed by atoms with van der Waals surface area (Å²) in [5.41, 5.74) is 6.51. The molecule has 2 rings (SSSR count). The van der Waals surface area contributed by atoms with E-state index >= 15 is 0 Å². The molecule has 0 atom stereocenters. The number of benzene rings is 1. The van der Waals surface area contributed by atoms with E-state index in [4.69, 9.17) is 5.73 Å². The molecule has 6 heteroatoms. The zero-order chi connectivity index (χ0) is 16.8. The predicted molar refractivity (Wildman–Crippen MR) is 87.3 cm³/mol. The maximum absolute atomic E-state index is 12.3. The summed E-state index contributed by atoms with van der Waals surface area (Å²) in [6.07, 6.45) is 3.35. The van der Waals surface area contributed by atoms with E-state index in [-0.39, 0.29) is 17.7 Å². The number of nitrogens with zero attached hydrogens (tertiary/aromatic N) is 1. The van der Waals surface area contributed by atoms with Gasteiger partial charge in [0.2, 0.25) is 0 Å². The first-order chi connectivity index (χ1) is 11.1. The maximum atomic E-state index is 12.3. The van der Waals surface area contributed by atoms with Gasteiger partial charge >= 0.3 is 0 Å². The van der Waals surface area contributed by atoms with Gasteiger partial charge in [-0.15, -0.1) is 0 Å². The van der Waals surface area contributed by atoms with Gasteiger partial charge in [0.1, 0.15) is 0 Å². The van der Waals surface area contributed by atoms with E-state index in [1.807, 2.05) is 6.92 Å². The zero-order valence-corrected chi connectivity index (χ0v) is 13.4. The monoisotopic (exact) mass is 317 g/mol. The van der Waals surface area contributed by atoms with Crippen molar-refractivity contribution in [2.45, 2.75) is 32.6 Å². The summed E-state index contributed by atoms with van der Waals surface area (Å²) >= 11 is 0. The van der Waals surface area contributed by atoms with Crippen LogP contribution in [0.25, 0.3) is 0 Å². The average molecular weight is 317 g/mol. The minimum Gasteiger partial charge on any atom is -0.352 e. The summed E-state index contributed by atoms with van der Waals surface area (Å²) in [4.78, 5) is 37.9. The van der Waals surface area contributed by atoms with Gasteiger partial charge in [-0.1, -0.05) is 13.3 Å². The van der Waals surface area contributed by atoms with E-state index in [9.17, 15) is 14.4 Å². The van der Waals surface area contributed by atoms with Gasteiger partial charge < -0.3 is 11.1 Å². The molecule has 0 unspecified atom stereocenters. The highest BCUT2D eigenvalue weighted by atomic mass is 16.2. The first-order valence-electron chi connectivity index (χ1n) is 8.08. The third-order valence-electron chi connectivity index (χ3n) is 3.88. The van der Waals surface area contributed by atoms with Crippen molar-refractivity contribution in [1.82, 2.24) is 10.2 Å². The van der Waals surface area contributed by atoms with Crippen molar-refractivity contribution in [3.8, 4) is 0 Å².